The molecule has 0 radical (unpaired) electrons. The fourth-order valence-electron chi connectivity index (χ4n) is 4.11. The molecule has 0 atom stereocenters. The molecule has 0 unspecified atom stereocenters. The van der Waals surface area contributed by atoms with Crippen LogP contribution in [0.1, 0.15) is 55.2 Å². The van der Waals surface area contributed by atoms with Crippen LogP contribution in [0, 0.1) is 20.8 Å². The zero-order chi connectivity index (χ0) is 20.7. The van der Waals surface area contributed by atoms with E-state index in [1.807, 2.05) is 32.9 Å². The molecule has 0 bridgehead atoms. The van der Waals surface area contributed by atoms with E-state index in [4.69, 9.17) is 4.74 Å². The van der Waals surface area contributed by atoms with Crippen LogP contribution in [-0.4, -0.2) is 51.5 Å². The van der Waals surface area contributed by atoms with E-state index in [0.29, 0.717) is 24.5 Å². The van der Waals surface area contributed by atoms with Crippen molar-refractivity contribution in [3.05, 3.63) is 28.8 Å². The summed E-state index contributed by atoms with van der Waals surface area (Å²) < 4.78 is 33.7. The highest BCUT2D eigenvalue weighted by Gasteiger charge is 2.35. The van der Waals surface area contributed by atoms with E-state index in [1.165, 1.54) is 4.31 Å². The maximum Gasteiger partial charge on any atom is 0.244 e. The molecular formula is C21H34N2O4S. The third-order valence-electron chi connectivity index (χ3n) is 5.30. The Balaban J connectivity index is 2.29. The van der Waals surface area contributed by atoms with Crippen molar-refractivity contribution in [2.75, 3.05) is 26.8 Å². The van der Waals surface area contributed by atoms with E-state index in [2.05, 4.69) is 5.32 Å². The van der Waals surface area contributed by atoms with Crippen LogP contribution in [0.2, 0.25) is 0 Å². The van der Waals surface area contributed by atoms with Crippen molar-refractivity contribution < 1.29 is 17.9 Å². The smallest absolute Gasteiger partial charge is 0.244 e. The molecule has 7 heteroatoms. The quantitative estimate of drug-likeness (QED) is 0.635. The molecule has 1 aromatic rings. The van der Waals surface area contributed by atoms with Crippen LogP contribution in [0.3, 0.4) is 0 Å². The SMILES string of the molecule is COCCCNC(=O)CN(C1CCCCC1)S(=O)(=O)c1c(C)cc(C)cc1C. The Hall–Kier alpha value is -1.44. The molecule has 1 aliphatic carbocycles. The summed E-state index contributed by atoms with van der Waals surface area (Å²) in [6.45, 7) is 6.53. The lowest BCUT2D eigenvalue weighted by molar-refractivity contribution is -0.121. The largest absolute Gasteiger partial charge is 0.385 e. The zero-order valence-corrected chi connectivity index (χ0v) is 18.4. The Kier molecular flexibility index (Phi) is 8.46. The van der Waals surface area contributed by atoms with Gasteiger partial charge >= 0.3 is 0 Å². The lowest BCUT2D eigenvalue weighted by Crippen LogP contribution is -2.47. The number of nitrogens with one attached hydrogen (secondary N) is 1. The molecule has 6 nitrogen and oxygen atoms in total. The van der Waals surface area contributed by atoms with Crippen molar-refractivity contribution in [3.8, 4) is 0 Å². The molecule has 2 rings (SSSR count). The van der Waals surface area contributed by atoms with E-state index < -0.39 is 10.0 Å². The van der Waals surface area contributed by atoms with E-state index >= 15 is 0 Å². The molecule has 0 heterocycles. The van der Waals surface area contributed by atoms with Crippen LogP contribution < -0.4 is 5.32 Å². The normalized spacial score (nSPS) is 15.8. The van der Waals surface area contributed by atoms with Crippen molar-refractivity contribution in [1.29, 1.82) is 0 Å². The molecular weight excluding hydrogens is 376 g/mol. The first kappa shape index (κ1) is 22.8. The lowest BCUT2D eigenvalue weighted by atomic mass is 9.95. The van der Waals surface area contributed by atoms with Crippen molar-refractivity contribution in [3.63, 3.8) is 0 Å². The molecule has 0 saturated heterocycles. The van der Waals surface area contributed by atoms with Crippen LogP contribution in [0.4, 0.5) is 0 Å². The maximum atomic E-state index is 13.6. The molecule has 1 fully saturated rings. The lowest BCUT2D eigenvalue weighted by Gasteiger charge is -2.33. The first-order valence-corrected chi connectivity index (χ1v) is 11.6. The maximum absolute atomic E-state index is 13.6. The van der Waals surface area contributed by atoms with Gasteiger partial charge in [-0.2, -0.15) is 4.31 Å². The third kappa shape index (κ3) is 5.78. The fourth-order valence-corrected chi connectivity index (χ4v) is 6.17. The Morgan fingerprint density at radius 3 is 2.32 bits per heavy atom. The van der Waals surface area contributed by atoms with Gasteiger partial charge in [0.25, 0.3) is 0 Å². The zero-order valence-electron chi connectivity index (χ0n) is 17.6. The average Bonchev–Trinajstić information content (AvgIpc) is 2.62. The molecule has 0 aliphatic heterocycles. The van der Waals surface area contributed by atoms with Gasteiger partial charge in [0.05, 0.1) is 11.4 Å². The molecule has 1 saturated carbocycles. The van der Waals surface area contributed by atoms with E-state index in [-0.39, 0.29) is 18.5 Å². The Morgan fingerprint density at radius 1 is 1.14 bits per heavy atom. The number of methoxy groups -OCH3 is 1. The predicted molar refractivity (Wildman–Crippen MR) is 111 cm³/mol. The summed E-state index contributed by atoms with van der Waals surface area (Å²) >= 11 is 0. The van der Waals surface area contributed by atoms with Crippen LogP contribution in [0.25, 0.3) is 0 Å². The van der Waals surface area contributed by atoms with E-state index in [9.17, 15) is 13.2 Å². The molecule has 1 amide bonds. The molecule has 28 heavy (non-hydrogen) atoms. The molecule has 1 aromatic carbocycles. The summed E-state index contributed by atoms with van der Waals surface area (Å²) in [5, 5.41) is 2.82. The summed E-state index contributed by atoms with van der Waals surface area (Å²) in [7, 11) is -2.14. The number of carbonyl (C=O) groups excluding carboxylic acids is 1. The van der Waals surface area contributed by atoms with E-state index in [0.717, 1.165) is 48.8 Å². The van der Waals surface area contributed by atoms with Gasteiger partial charge in [-0.05, 0) is 51.2 Å². The van der Waals surface area contributed by atoms with Gasteiger partial charge in [0, 0.05) is 26.3 Å². The summed E-state index contributed by atoms with van der Waals surface area (Å²) in [4.78, 5) is 12.8. The summed E-state index contributed by atoms with van der Waals surface area (Å²) in [6.07, 6.45) is 5.43. The van der Waals surface area contributed by atoms with Crippen LogP contribution >= 0.6 is 0 Å². The number of ether oxygens (including phenoxy) is 1. The number of hydrogen-bond acceptors (Lipinski definition) is 4. The Labute approximate surface area is 169 Å². The number of rotatable bonds is 9. The van der Waals surface area contributed by atoms with Crippen molar-refractivity contribution in [2.45, 2.75) is 70.2 Å². The highest BCUT2D eigenvalue weighted by Crippen LogP contribution is 2.31. The number of nitrogens with zero attached hydrogens (tertiary/aromatic N) is 1. The second kappa shape index (κ2) is 10.4. The number of aryl methyl sites for hydroxylation is 3. The number of carbonyl (C=O) groups is 1. The van der Waals surface area contributed by atoms with Gasteiger partial charge in [0.1, 0.15) is 0 Å². The predicted octanol–water partition coefficient (Wildman–Crippen LogP) is 3.09. The Bertz CT molecular complexity index is 748. The Morgan fingerprint density at radius 2 is 1.75 bits per heavy atom. The van der Waals surface area contributed by atoms with Gasteiger partial charge in [-0.15, -0.1) is 0 Å². The van der Waals surface area contributed by atoms with Crippen LogP contribution in [-0.2, 0) is 19.6 Å². The van der Waals surface area contributed by atoms with Gasteiger partial charge in [0.15, 0.2) is 0 Å². The minimum Gasteiger partial charge on any atom is -0.385 e. The fraction of sp³-hybridized carbons (Fsp3) is 0.667. The highest BCUT2D eigenvalue weighted by atomic mass is 32.2. The topological polar surface area (TPSA) is 75.7 Å². The second-order valence-electron chi connectivity index (χ2n) is 7.77. The molecule has 1 aliphatic rings. The minimum atomic E-state index is -3.76. The summed E-state index contributed by atoms with van der Waals surface area (Å²) in [6, 6.07) is 3.66. The molecule has 0 aromatic heterocycles. The first-order chi connectivity index (χ1) is 13.3. The average molecular weight is 411 g/mol. The number of hydrogen-bond donors (Lipinski definition) is 1. The van der Waals surface area contributed by atoms with Gasteiger partial charge in [-0.3, -0.25) is 4.79 Å². The van der Waals surface area contributed by atoms with Crippen molar-refractivity contribution >= 4 is 15.9 Å². The van der Waals surface area contributed by atoms with Crippen LogP contribution in [0.15, 0.2) is 17.0 Å². The number of benzene rings is 1. The second-order valence-corrected chi connectivity index (χ2v) is 9.59. The standard InChI is InChI=1S/C21H34N2O4S/c1-16-13-17(2)21(18(3)14-16)28(25,26)23(19-9-6-5-7-10-19)15-20(24)22-11-8-12-27-4/h13-14,19H,5-12,15H2,1-4H3,(H,22,24). The monoisotopic (exact) mass is 410 g/mol. The van der Waals surface area contributed by atoms with Crippen LogP contribution in [0.5, 0.6) is 0 Å². The van der Waals surface area contributed by atoms with Gasteiger partial charge in [-0.25, -0.2) is 8.42 Å². The van der Waals surface area contributed by atoms with Crippen molar-refractivity contribution in [1.82, 2.24) is 9.62 Å². The molecule has 1 N–H and O–H groups in total. The van der Waals surface area contributed by atoms with E-state index in [1.54, 1.807) is 7.11 Å². The van der Waals surface area contributed by atoms with Gasteiger partial charge in [0.2, 0.25) is 15.9 Å². The minimum absolute atomic E-state index is 0.122. The molecule has 0 spiro atoms. The third-order valence-corrected chi connectivity index (χ3v) is 7.50. The summed E-state index contributed by atoms with van der Waals surface area (Å²) in [5.41, 5.74) is 2.51. The summed E-state index contributed by atoms with van der Waals surface area (Å²) in [5.74, 6) is -0.257. The first-order valence-electron chi connectivity index (χ1n) is 10.1. The number of amides is 1. The highest BCUT2D eigenvalue weighted by molar-refractivity contribution is 7.89. The molecule has 158 valence electrons. The van der Waals surface area contributed by atoms with Crippen molar-refractivity contribution in [2.24, 2.45) is 0 Å². The van der Waals surface area contributed by atoms with Gasteiger partial charge in [-0.1, -0.05) is 37.0 Å². The van der Waals surface area contributed by atoms with Gasteiger partial charge < -0.3 is 10.1 Å². The number of sulfonamides is 1.